The number of nitrogens with zero attached hydrogens (tertiary/aromatic N) is 2. The molecule has 2 heterocycles. The van der Waals surface area contributed by atoms with Crippen LogP contribution in [-0.4, -0.2) is 58.5 Å². The number of benzene rings is 3. The van der Waals surface area contributed by atoms with Crippen LogP contribution < -0.4 is 0 Å². The first-order valence-electron chi connectivity index (χ1n) is 11.1. The number of aliphatic hydroxyl groups excluding tert-OH is 1. The normalized spacial score (nSPS) is 22.0. The van der Waals surface area contributed by atoms with Crippen molar-refractivity contribution in [2.24, 2.45) is 0 Å². The molecule has 0 radical (unpaired) electrons. The predicted molar refractivity (Wildman–Crippen MR) is 123 cm³/mol. The molecular weight excluding hydrogens is 419 g/mol. The van der Waals surface area contributed by atoms with Crippen LogP contribution in [0.1, 0.15) is 27.4 Å². The lowest BCUT2D eigenvalue weighted by atomic mass is 9.73. The van der Waals surface area contributed by atoms with E-state index in [-0.39, 0.29) is 43.0 Å². The van der Waals surface area contributed by atoms with Gasteiger partial charge in [0.1, 0.15) is 12.4 Å². The fourth-order valence-electron chi connectivity index (χ4n) is 5.21. The van der Waals surface area contributed by atoms with Crippen LogP contribution in [0.2, 0.25) is 0 Å². The Labute approximate surface area is 192 Å². The number of hydrogen-bond acceptors (Lipinski definition) is 3. The standard InChI is InChI=1S/C27H25FN2O3/c1-17-4-2-3-5-22(17)18-6-8-19(9-7-18)26-23-14-29(15-25(32)30(23)24(26)16-31)27(33)20-10-12-21(28)13-11-20/h2-13,23-24,26,31H,14-16H2,1H3/t23-,24-,26+/m1/s1. The van der Waals surface area contributed by atoms with Gasteiger partial charge in [0.15, 0.2) is 0 Å². The van der Waals surface area contributed by atoms with Crippen molar-refractivity contribution in [1.82, 2.24) is 9.80 Å². The lowest BCUT2D eigenvalue weighted by Crippen LogP contribution is -2.73. The van der Waals surface area contributed by atoms with E-state index in [2.05, 4.69) is 43.3 Å². The third kappa shape index (κ3) is 3.70. The summed E-state index contributed by atoms with van der Waals surface area (Å²) >= 11 is 0. The number of carbonyl (C=O) groups is 2. The van der Waals surface area contributed by atoms with Gasteiger partial charge in [-0.15, -0.1) is 0 Å². The van der Waals surface area contributed by atoms with Gasteiger partial charge in [-0.3, -0.25) is 9.59 Å². The molecule has 0 saturated carbocycles. The van der Waals surface area contributed by atoms with Crippen molar-refractivity contribution in [3.05, 3.63) is 95.3 Å². The zero-order chi connectivity index (χ0) is 23.1. The number of halogens is 1. The van der Waals surface area contributed by atoms with Gasteiger partial charge in [-0.25, -0.2) is 4.39 Å². The summed E-state index contributed by atoms with van der Waals surface area (Å²) in [6, 6.07) is 21.3. The molecule has 2 aliphatic rings. The molecule has 0 spiro atoms. The van der Waals surface area contributed by atoms with E-state index in [1.807, 2.05) is 12.1 Å². The summed E-state index contributed by atoms with van der Waals surface area (Å²) in [6.45, 7) is 2.29. The molecule has 6 heteroatoms. The van der Waals surface area contributed by atoms with Crippen molar-refractivity contribution < 1.29 is 19.1 Å². The number of aliphatic hydroxyl groups is 1. The minimum Gasteiger partial charge on any atom is -0.394 e. The zero-order valence-electron chi connectivity index (χ0n) is 18.3. The molecule has 2 amide bonds. The second-order valence-corrected chi connectivity index (χ2v) is 8.77. The van der Waals surface area contributed by atoms with E-state index in [0.29, 0.717) is 12.1 Å². The highest BCUT2D eigenvalue weighted by Crippen LogP contribution is 2.43. The van der Waals surface area contributed by atoms with Gasteiger partial charge in [-0.1, -0.05) is 48.5 Å². The molecule has 0 unspecified atom stereocenters. The highest BCUT2D eigenvalue weighted by atomic mass is 19.1. The average molecular weight is 445 g/mol. The fourth-order valence-corrected chi connectivity index (χ4v) is 5.21. The molecule has 3 aromatic rings. The van der Waals surface area contributed by atoms with Gasteiger partial charge >= 0.3 is 0 Å². The molecule has 2 saturated heterocycles. The quantitative estimate of drug-likeness (QED) is 0.669. The predicted octanol–water partition coefficient (Wildman–Crippen LogP) is 3.61. The van der Waals surface area contributed by atoms with E-state index < -0.39 is 5.82 Å². The Kier molecular flexibility index (Phi) is 5.46. The molecule has 5 nitrogen and oxygen atoms in total. The highest BCUT2D eigenvalue weighted by molar-refractivity contribution is 5.97. The Hall–Kier alpha value is -3.51. The molecule has 3 aromatic carbocycles. The Morgan fingerprint density at radius 3 is 2.39 bits per heavy atom. The first-order valence-corrected chi connectivity index (χ1v) is 11.1. The van der Waals surface area contributed by atoms with Gasteiger partial charge < -0.3 is 14.9 Å². The van der Waals surface area contributed by atoms with Gasteiger partial charge in [0, 0.05) is 18.0 Å². The fraction of sp³-hybridized carbons (Fsp3) is 0.259. The van der Waals surface area contributed by atoms with Gasteiger partial charge in [-0.2, -0.15) is 0 Å². The summed E-state index contributed by atoms with van der Waals surface area (Å²) in [7, 11) is 0. The third-order valence-corrected chi connectivity index (χ3v) is 6.88. The van der Waals surface area contributed by atoms with E-state index >= 15 is 0 Å². The van der Waals surface area contributed by atoms with Gasteiger partial charge in [0.25, 0.3) is 5.91 Å². The number of hydrogen-bond donors (Lipinski definition) is 1. The summed E-state index contributed by atoms with van der Waals surface area (Å²) in [5, 5.41) is 10.0. The highest BCUT2D eigenvalue weighted by Gasteiger charge is 2.54. The van der Waals surface area contributed by atoms with E-state index in [1.165, 1.54) is 40.3 Å². The van der Waals surface area contributed by atoms with E-state index in [9.17, 15) is 19.1 Å². The average Bonchev–Trinajstić information content (AvgIpc) is 2.81. The summed E-state index contributed by atoms with van der Waals surface area (Å²) in [5.74, 6) is -0.933. The molecule has 3 atom stereocenters. The molecule has 1 N–H and O–H groups in total. The summed E-state index contributed by atoms with van der Waals surface area (Å²) in [4.78, 5) is 29.0. The Morgan fingerprint density at radius 2 is 1.73 bits per heavy atom. The van der Waals surface area contributed by atoms with Crippen molar-refractivity contribution in [1.29, 1.82) is 0 Å². The second kappa shape index (κ2) is 8.45. The topological polar surface area (TPSA) is 60.9 Å². The number of piperazine rings is 1. The van der Waals surface area contributed by atoms with Crippen molar-refractivity contribution in [3.8, 4) is 11.1 Å². The Balaban J connectivity index is 1.39. The van der Waals surface area contributed by atoms with Crippen LogP contribution >= 0.6 is 0 Å². The van der Waals surface area contributed by atoms with Gasteiger partial charge in [-0.05, 0) is 53.4 Å². The lowest BCUT2D eigenvalue weighted by Gasteiger charge is -2.58. The molecule has 33 heavy (non-hydrogen) atoms. The van der Waals surface area contributed by atoms with Crippen LogP contribution in [0.5, 0.6) is 0 Å². The van der Waals surface area contributed by atoms with Crippen LogP contribution in [0.25, 0.3) is 11.1 Å². The zero-order valence-corrected chi connectivity index (χ0v) is 18.3. The van der Waals surface area contributed by atoms with Crippen LogP contribution in [-0.2, 0) is 4.79 Å². The molecule has 0 aromatic heterocycles. The molecule has 168 valence electrons. The Morgan fingerprint density at radius 1 is 1.03 bits per heavy atom. The summed E-state index contributed by atoms with van der Waals surface area (Å²) < 4.78 is 13.2. The van der Waals surface area contributed by atoms with Crippen LogP contribution in [0.4, 0.5) is 4.39 Å². The van der Waals surface area contributed by atoms with Crippen molar-refractivity contribution >= 4 is 11.8 Å². The first-order chi connectivity index (χ1) is 16.0. The maximum Gasteiger partial charge on any atom is 0.254 e. The van der Waals surface area contributed by atoms with Crippen LogP contribution in [0, 0.1) is 12.7 Å². The summed E-state index contributed by atoms with van der Waals surface area (Å²) in [6.07, 6.45) is 0. The molecule has 0 bridgehead atoms. The lowest BCUT2D eigenvalue weighted by molar-refractivity contribution is -0.159. The van der Waals surface area contributed by atoms with Crippen molar-refractivity contribution in [3.63, 3.8) is 0 Å². The third-order valence-electron chi connectivity index (χ3n) is 6.88. The Bertz CT molecular complexity index is 1190. The van der Waals surface area contributed by atoms with Crippen molar-refractivity contribution in [2.75, 3.05) is 19.7 Å². The minimum atomic E-state index is -0.411. The smallest absolute Gasteiger partial charge is 0.254 e. The second-order valence-electron chi connectivity index (χ2n) is 8.77. The molecule has 2 aliphatic heterocycles. The van der Waals surface area contributed by atoms with E-state index in [1.54, 1.807) is 4.90 Å². The largest absolute Gasteiger partial charge is 0.394 e. The number of amides is 2. The number of rotatable bonds is 4. The number of fused-ring (bicyclic) bond motifs is 1. The van der Waals surface area contributed by atoms with Crippen molar-refractivity contribution in [2.45, 2.75) is 24.9 Å². The van der Waals surface area contributed by atoms with Crippen LogP contribution in [0.3, 0.4) is 0 Å². The molecule has 0 aliphatic carbocycles. The first kappa shape index (κ1) is 21.3. The monoisotopic (exact) mass is 444 g/mol. The van der Waals surface area contributed by atoms with Gasteiger partial charge in [0.2, 0.25) is 5.91 Å². The molecular formula is C27H25FN2O3. The molecule has 5 rings (SSSR count). The molecule has 2 fully saturated rings. The van der Waals surface area contributed by atoms with E-state index in [0.717, 1.165) is 11.1 Å². The maximum atomic E-state index is 13.2. The number of aryl methyl sites for hydroxylation is 1. The maximum absolute atomic E-state index is 13.2. The SMILES string of the molecule is Cc1ccccc1-c1ccc([C@@H]2[C@@H](CO)N3C(=O)CN(C(=O)c4ccc(F)cc4)C[C@H]23)cc1. The van der Waals surface area contributed by atoms with E-state index in [4.69, 9.17) is 0 Å². The minimum absolute atomic E-state index is 0.0395. The summed E-state index contributed by atoms with van der Waals surface area (Å²) in [5.41, 5.74) is 4.87. The number of carbonyl (C=O) groups excluding carboxylic acids is 2. The van der Waals surface area contributed by atoms with Crippen LogP contribution in [0.15, 0.2) is 72.8 Å². The van der Waals surface area contributed by atoms with Gasteiger partial charge in [0.05, 0.1) is 18.7 Å².